The van der Waals surface area contributed by atoms with Crippen molar-refractivity contribution >= 4 is 28.8 Å². The van der Waals surface area contributed by atoms with Gasteiger partial charge in [-0.05, 0) is 29.8 Å². The van der Waals surface area contributed by atoms with Crippen LogP contribution in [0, 0.1) is 0 Å². The maximum atomic E-state index is 13.4. The molecule has 164 valence electrons. The normalized spacial score (nSPS) is 13.9. The number of imidazole rings is 1. The van der Waals surface area contributed by atoms with Crippen LogP contribution < -0.4 is 5.32 Å². The van der Waals surface area contributed by atoms with E-state index in [2.05, 4.69) is 10.3 Å². The Morgan fingerprint density at radius 1 is 0.879 bits per heavy atom. The number of imide groups is 1. The first-order valence-electron chi connectivity index (χ1n) is 10.7. The molecule has 1 N–H and O–H groups in total. The lowest BCUT2D eigenvalue weighted by Gasteiger charge is -2.25. The van der Waals surface area contributed by atoms with E-state index in [-0.39, 0.29) is 13.0 Å². The zero-order chi connectivity index (χ0) is 22.9. The van der Waals surface area contributed by atoms with Gasteiger partial charge in [-0.2, -0.15) is 0 Å². The van der Waals surface area contributed by atoms with Gasteiger partial charge in [0.2, 0.25) is 5.91 Å². The number of amides is 3. The number of carbonyl (C=O) groups is 3. The summed E-state index contributed by atoms with van der Waals surface area (Å²) in [5, 5.41) is 2.90. The molecule has 0 bridgehead atoms. The van der Waals surface area contributed by atoms with Crippen LogP contribution in [-0.4, -0.2) is 38.2 Å². The maximum Gasteiger partial charge on any atom is 0.262 e. The molecule has 0 saturated carbocycles. The van der Waals surface area contributed by atoms with E-state index in [4.69, 9.17) is 0 Å². The number of hydrogen-bond acceptors (Lipinski definition) is 4. The summed E-state index contributed by atoms with van der Waals surface area (Å²) in [7, 11) is 1.89. The number of carbonyl (C=O) groups excluding carboxylic acids is 3. The molecule has 1 aliphatic rings. The van der Waals surface area contributed by atoms with Crippen molar-refractivity contribution < 1.29 is 14.4 Å². The van der Waals surface area contributed by atoms with Crippen LogP contribution in [0.25, 0.3) is 11.0 Å². The summed E-state index contributed by atoms with van der Waals surface area (Å²) in [6.45, 7) is 0.179. The number of nitrogens with one attached hydrogen (secondary N) is 1. The summed E-state index contributed by atoms with van der Waals surface area (Å²) in [6, 6.07) is 22.8. The second kappa shape index (κ2) is 8.35. The monoisotopic (exact) mass is 438 g/mol. The number of benzene rings is 3. The highest BCUT2D eigenvalue weighted by molar-refractivity contribution is 6.22. The topological polar surface area (TPSA) is 84.3 Å². The van der Waals surface area contributed by atoms with E-state index in [0.29, 0.717) is 17.0 Å². The quantitative estimate of drug-likeness (QED) is 0.469. The predicted molar refractivity (Wildman–Crippen MR) is 123 cm³/mol. The van der Waals surface area contributed by atoms with Gasteiger partial charge in [-0.25, -0.2) is 4.98 Å². The molecular formula is C26H22N4O3. The third-order valence-electron chi connectivity index (χ3n) is 6.01. The highest BCUT2D eigenvalue weighted by Gasteiger charge is 2.42. The summed E-state index contributed by atoms with van der Waals surface area (Å²) < 4.78 is 1.92. The first kappa shape index (κ1) is 20.6. The van der Waals surface area contributed by atoms with Crippen molar-refractivity contribution in [1.29, 1.82) is 0 Å². The highest BCUT2D eigenvalue weighted by Crippen LogP contribution is 2.26. The molecule has 4 aromatic rings. The third-order valence-corrected chi connectivity index (χ3v) is 6.01. The van der Waals surface area contributed by atoms with Crippen LogP contribution in [-0.2, 0) is 24.8 Å². The lowest BCUT2D eigenvalue weighted by Crippen LogP contribution is -2.50. The standard InChI is InChI=1S/C26H22N4O3/c1-29-21-14-8-7-13-20(21)28-23(29)16-27-24(31)22(15-17-9-3-2-4-10-17)30-25(32)18-11-5-6-12-19(18)26(30)33/h2-14,22H,15-16H2,1H3,(H,27,31)/t22-/m1/s1. The Bertz CT molecular complexity index is 1340. The van der Waals surface area contributed by atoms with E-state index >= 15 is 0 Å². The van der Waals surface area contributed by atoms with Crippen LogP contribution in [0.15, 0.2) is 78.9 Å². The minimum Gasteiger partial charge on any atom is -0.347 e. The van der Waals surface area contributed by atoms with Gasteiger partial charge in [0.15, 0.2) is 0 Å². The Hall–Kier alpha value is -4.26. The Morgan fingerprint density at radius 3 is 2.15 bits per heavy atom. The molecule has 1 aliphatic heterocycles. The molecule has 0 saturated heterocycles. The zero-order valence-electron chi connectivity index (χ0n) is 18.1. The number of aryl methyl sites for hydroxylation is 1. The van der Waals surface area contributed by atoms with Crippen molar-refractivity contribution in [3.8, 4) is 0 Å². The van der Waals surface area contributed by atoms with E-state index in [1.807, 2.05) is 66.2 Å². The number of hydrogen-bond donors (Lipinski definition) is 1. The first-order valence-corrected chi connectivity index (χ1v) is 10.7. The lowest BCUT2D eigenvalue weighted by molar-refractivity contribution is -0.125. The number of rotatable bonds is 6. The number of nitrogens with zero attached hydrogens (tertiary/aromatic N) is 3. The van der Waals surface area contributed by atoms with Crippen molar-refractivity contribution in [2.45, 2.75) is 19.0 Å². The van der Waals surface area contributed by atoms with E-state index in [0.717, 1.165) is 21.5 Å². The predicted octanol–water partition coefficient (Wildman–Crippen LogP) is 3.10. The van der Waals surface area contributed by atoms with Crippen LogP contribution in [0.5, 0.6) is 0 Å². The molecule has 7 nitrogen and oxygen atoms in total. The summed E-state index contributed by atoms with van der Waals surface area (Å²) in [6.07, 6.45) is 0.223. The molecule has 0 spiro atoms. The fourth-order valence-corrected chi connectivity index (χ4v) is 4.27. The highest BCUT2D eigenvalue weighted by atomic mass is 16.2. The van der Waals surface area contributed by atoms with E-state index < -0.39 is 23.8 Å². The molecule has 5 rings (SSSR count). The fraction of sp³-hybridized carbons (Fsp3) is 0.154. The molecular weight excluding hydrogens is 416 g/mol. The smallest absolute Gasteiger partial charge is 0.262 e. The van der Waals surface area contributed by atoms with Gasteiger partial charge in [0.1, 0.15) is 11.9 Å². The van der Waals surface area contributed by atoms with Crippen molar-refractivity contribution in [2.75, 3.05) is 0 Å². The van der Waals surface area contributed by atoms with Crippen molar-refractivity contribution in [1.82, 2.24) is 19.8 Å². The second-order valence-electron chi connectivity index (χ2n) is 8.02. The number of fused-ring (bicyclic) bond motifs is 2. The molecule has 3 amide bonds. The number of aromatic nitrogens is 2. The molecule has 1 atom stereocenters. The molecule has 2 heterocycles. The minimum absolute atomic E-state index is 0.179. The van der Waals surface area contributed by atoms with Crippen molar-refractivity contribution in [3.05, 3.63) is 101 Å². The zero-order valence-corrected chi connectivity index (χ0v) is 18.1. The summed E-state index contributed by atoms with van der Waals surface area (Å²) in [5.41, 5.74) is 3.30. The Labute approximate surface area is 190 Å². The van der Waals surface area contributed by atoms with E-state index in [1.165, 1.54) is 0 Å². The fourth-order valence-electron chi connectivity index (χ4n) is 4.27. The summed E-state index contributed by atoms with van der Waals surface area (Å²) >= 11 is 0. The molecule has 0 fully saturated rings. The largest absolute Gasteiger partial charge is 0.347 e. The number of para-hydroxylation sites is 2. The second-order valence-corrected chi connectivity index (χ2v) is 8.02. The van der Waals surface area contributed by atoms with Crippen LogP contribution in [0.3, 0.4) is 0 Å². The molecule has 33 heavy (non-hydrogen) atoms. The first-order chi connectivity index (χ1) is 16.0. The van der Waals surface area contributed by atoms with Gasteiger partial charge < -0.3 is 9.88 Å². The van der Waals surface area contributed by atoms with Crippen LogP contribution >= 0.6 is 0 Å². The molecule has 0 radical (unpaired) electrons. The van der Waals surface area contributed by atoms with Gasteiger partial charge in [0.05, 0.1) is 28.7 Å². The molecule has 0 aliphatic carbocycles. The van der Waals surface area contributed by atoms with Gasteiger partial charge in [-0.1, -0.05) is 54.6 Å². The molecule has 0 unspecified atom stereocenters. The molecule has 7 heteroatoms. The lowest BCUT2D eigenvalue weighted by atomic mass is 10.0. The SMILES string of the molecule is Cn1c(CNC(=O)[C@@H](Cc2ccccc2)N2C(=O)c3ccccc3C2=O)nc2ccccc21. The third kappa shape index (κ3) is 3.67. The van der Waals surface area contributed by atoms with Gasteiger partial charge in [0.25, 0.3) is 11.8 Å². The van der Waals surface area contributed by atoms with Crippen LogP contribution in [0.1, 0.15) is 32.1 Å². The molecule has 1 aromatic heterocycles. The van der Waals surface area contributed by atoms with Gasteiger partial charge in [0, 0.05) is 13.5 Å². The average molecular weight is 438 g/mol. The van der Waals surface area contributed by atoms with Gasteiger partial charge in [-0.3, -0.25) is 19.3 Å². The molecule has 3 aromatic carbocycles. The Balaban J connectivity index is 1.43. The van der Waals surface area contributed by atoms with Crippen molar-refractivity contribution in [2.24, 2.45) is 7.05 Å². The summed E-state index contributed by atoms with van der Waals surface area (Å²) in [4.78, 5) is 45.3. The van der Waals surface area contributed by atoms with Crippen LogP contribution in [0.2, 0.25) is 0 Å². The maximum absolute atomic E-state index is 13.4. The average Bonchev–Trinajstić information content (AvgIpc) is 3.30. The van der Waals surface area contributed by atoms with Crippen LogP contribution in [0.4, 0.5) is 0 Å². The minimum atomic E-state index is -0.977. The van der Waals surface area contributed by atoms with Gasteiger partial charge >= 0.3 is 0 Å². The summed E-state index contributed by atoms with van der Waals surface area (Å²) in [5.74, 6) is -0.616. The van der Waals surface area contributed by atoms with E-state index in [1.54, 1.807) is 24.3 Å². The Kier molecular flexibility index (Phi) is 5.22. The van der Waals surface area contributed by atoms with E-state index in [9.17, 15) is 14.4 Å². The Morgan fingerprint density at radius 2 is 1.48 bits per heavy atom. The van der Waals surface area contributed by atoms with Crippen molar-refractivity contribution in [3.63, 3.8) is 0 Å². The van der Waals surface area contributed by atoms with Gasteiger partial charge in [-0.15, -0.1) is 0 Å².